The van der Waals surface area contributed by atoms with Crippen molar-refractivity contribution < 1.29 is 40.7 Å². The van der Waals surface area contributed by atoms with Crippen LogP contribution in [0.25, 0.3) is 0 Å². The molecule has 1 aromatic carbocycles. The molecule has 3 atom stereocenters. The Morgan fingerprint density at radius 1 is 1.00 bits per heavy atom. The molecule has 0 N–H and O–H groups in total. The number of hydrogen-bond donors (Lipinski definition) is 0. The first-order chi connectivity index (χ1) is 18.1. The fourth-order valence-corrected chi connectivity index (χ4v) is 4.76. The van der Waals surface area contributed by atoms with Crippen molar-refractivity contribution in [3.63, 3.8) is 0 Å². The van der Waals surface area contributed by atoms with Crippen LogP contribution in [0.1, 0.15) is 74.9 Å². The van der Waals surface area contributed by atoms with Gasteiger partial charge in [-0.25, -0.2) is 4.79 Å². The SMILES string of the molecule is CC[C@@H]1CC(N(C(=O)c2cc(C(F)(F)F)cc(C(F)(F)F)c2)c2nnn(C)n2)C[C@H](CC)N1C(=O)OC(C)C. The van der Waals surface area contributed by atoms with Gasteiger partial charge in [-0.15, -0.1) is 5.10 Å². The summed E-state index contributed by atoms with van der Waals surface area (Å²) in [6.07, 6.45) is -9.94. The summed E-state index contributed by atoms with van der Waals surface area (Å²) in [4.78, 5) is 30.2. The summed E-state index contributed by atoms with van der Waals surface area (Å²) >= 11 is 0. The highest BCUT2D eigenvalue weighted by Crippen LogP contribution is 2.38. The van der Waals surface area contributed by atoms with E-state index >= 15 is 0 Å². The molecule has 1 aliphatic heterocycles. The van der Waals surface area contributed by atoms with Crippen LogP contribution in [0, 0.1) is 0 Å². The van der Waals surface area contributed by atoms with Crippen molar-refractivity contribution in [1.29, 1.82) is 0 Å². The molecule has 39 heavy (non-hydrogen) atoms. The number of piperidine rings is 1. The second-order valence-corrected chi connectivity index (χ2v) is 9.64. The second-order valence-electron chi connectivity index (χ2n) is 9.64. The molecule has 15 heteroatoms. The molecule has 3 rings (SSSR count). The van der Waals surface area contributed by atoms with Crippen molar-refractivity contribution in [2.45, 2.75) is 90.0 Å². The fraction of sp³-hybridized carbons (Fsp3) is 0.625. The van der Waals surface area contributed by atoms with Crippen LogP contribution < -0.4 is 4.90 Å². The van der Waals surface area contributed by atoms with Crippen molar-refractivity contribution in [1.82, 2.24) is 25.1 Å². The molecule has 2 heterocycles. The largest absolute Gasteiger partial charge is 0.447 e. The number of amides is 2. The molecule has 0 bridgehead atoms. The van der Waals surface area contributed by atoms with Crippen LogP contribution in [0.3, 0.4) is 0 Å². The van der Waals surface area contributed by atoms with Gasteiger partial charge in [-0.1, -0.05) is 18.9 Å². The van der Waals surface area contributed by atoms with Gasteiger partial charge < -0.3 is 9.64 Å². The van der Waals surface area contributed by atoms with E-state index in [0.29, 0.717) is 25.0 Å². The zero-order chi connectivity index (χ0) is 29.3. The number of carbonyl (C=O) groups is 2. The van der Waals surface area contributed by atoms with E-state index in [2.05, 4.69) is 15.4 Å². The lowest BCUT2D eigenvalue weighted by molar-refractivity contribution is -0.143. The summed E-state index contributed by atoms with van der Waals surface area (Å²) < 4.78 is 86.4. The molecule has 1 aromatic heterocycles. The molecular weight excluding hydrogens is 534 g/mol. The highest BCUT2D eigenvalue weighted by molar-refractivity contribution is 6.05. The van der Waals surface area contributed by atoms with Crippen LogP contribution in [-0.4, -0.2) is 61.3 Å². The van der Waals surface area contributed by atoms with Crippen molar-refractivity contribution in [3.8, 4) is 0 Å². The van der Waals surface area contributed by atoms with Gasteiger partial charge in [0.05, 0.1) is 24.3 Å². The lowest BCUT2D eigenvalue weighted by Gasteiger charge is -2.46. The zero-order valence-corrected chi connectivity index (χ0v) is 22.0. The third kappa shape index (κ3) is 6.79. The van der Waals surface area contributed by atoms with E-state index < -0.39 is 59.2 Å². The minimum atomic E-state index is -5.13. The number of likely N-dealkylation sites (tertiary alicyclic amines) is 1. The summed E-state index contributed by atoms with van der Waals surface area (Å²) in [5.41, 5.74) is -4.05. The van der Waals surface area contributed by atoms with E-state index in [0.717, 1.165) is 9.70 Å². The molecule has 1 aliphatic rings. The Kier molecular flexibility index (Phi) is 8.80. The van der Waals surface area contributed by atoms with Crippen LogP contribution in [0.15, 0.2) is 18.2 Å². The summed E-state index contributed by atoms with van der Waals surface area (Å²) in [6, 6.07) is -0.905. The molecule has 9 nitrogen and oxygen atoms in total. The van der Waals surface area contributed by atoms with Crippen LogP contribution in [0.4, 0.5) is 37.1 Å². The van der Waals surface area contributed by atoms with Crippen molar-refractivity contribution in [2.75, 3.05) is 4.90 Å². The number of hydrogen-bond acceptors (Lipinski definition) is 6. The molecular formula is C24H30F6N6O3. The number of aromatic nitrogens is 4. The van der Waals surface area contributed by atoms with E-state index in [1.807, 2.05) is 13.8 Å². The van der Waals surface area contributed by atoms with E-state index in [9.17, 15) is 35.9 Å². The van der Waals surface area contributed by atoms with Crippen LogP contribution in [0.5, 0.6) is 0 Å². The number of tetrazole rings is 1. The minimum Gasteiger partial charge on any atom is -0.447 e. The number of nitrogens with zero attached hydrogens (tertiary/aromatic N) is 6. The molecule has 2 aromatic rings. The lowest BCUT2D eigenvalue weighted by atomic mass is 9.87. The zero-order valence-electron chi connectivity index (χ0n) is 22.0. The van der Waals surface area contributed by atoms with Gasteiger partial charge >= 0.3 is 18.4 Å². The van der Waals surface area contributed by atoms with Crippen LogP contribution in [-0.2, 0) is 24.1 Å². The van der Waals surface area contributed by atoms with Gasteiger partial charge in [-0.3, -0.25) is 9.69 Å². The number of carbonyl (C=O) groups excluding carboxylic acids is 2. The van der Waals surface area contributed by atoms with Crippen LogP contribution in [0.2, 0.25) is 0 Å². The maximum Gasteiger partial charge on any atom is 0.416 e. The van der Waals surface area contributed by atoms with Crippen LogP contribution >= 0.6 is 0 Å². The molecule has 0 saturated carbocycles. The van der Waals surface area contributed by atoms with Gasteiger partial charge in [0.15, 0.2) is 0 Å². The predicted octanol–water partition coefficient (Wildman–Crippen LogP) is 5.46. The van der Waals surface area contributed by atoms with Gasteiger partial charge in [0, 0.05) is 23.7 Å². The Bertz CT molecular complexity index is 1140. The molecule has 1 fully saturated rings. The van der Waals surface area contributed by atoms with Crippen molar-refractivity contribution in [3.05, 3.63) is 34.9 Å². The maximum absolute atomic E-state index is 13.7. The predicted molar refractivity (Wildman–Crippen MR) is 127 cm³/mol. The quantitative estimate of drug-likeness (QED) is 0.433. The monoisotopic (exact) mass is 564 g/mol. The first kappa shape index (κ1) is 30.2. The number of benzene rings is 1. The summed E-state index contributed by atoms with van der Waals surface area (Å²) in [5.74, 6) is -1.42. The highest BCUT2D eigenvalue weighted by Gasteiger charge is 2.44. The highest BCUT2D eigenvalue weighted by atomic mass is 19.4. The number of aryl methyl sites for hydroxylation is 1. The average molecular weight is 565 g/mol. The van der Waals surface area contributed by atoms with Gasteiger partial charge in [0.25, 0.3) is 11.9 Å². The van der Waals surface area contributed by atoms with E-state index in [4.69, 9.17) is 4.74 Å². The van der Waals surface area contributed by atoms with Gasteiger partial charge in [0.2, 0.25) is 0 Å². The van der Waals surface area contributed by atoms with Crippen molar-refractivity contribution in [2.24, 2.45) is 7.05 Å². The molecule has 0 radical (unpaired) electrons. The molecule has 216 valence electrons. The number of anilines is 1. The Hall–Kier alpha value is -3.39. The third-order valence-corrected chi connectivity index (χ3v) is 6.50. The summed E-state index contributed by atoms with van der Waals surface area (Å²) in [6.45, 7) is 7.06. The third-order valence-electron chi connectivity index (χ3n) is 6.50. The van der Waals surface area contributed by atoms with E-state index in [1.54, 1.807) is 18.7 Å². The number of rotatable bonds is 6. The molecule has 1 unspecified atom stereocenters. The van der Waals surface area contributed by atoms with E-state index in [1.165, 1.54) is 7.05 Å². The second kappa shape index (κ2) is 11.4. The molecule has 2 amide bonds. The minimum absolute atomic E-state index is 0.0409. The summed E-state index contributed by atoms with van der Waals surface area (Å²) in [7, 11) is 1.40. The summed E-state index contributed by atoms with van der Waals surface area (Å²) in [5, 5.41) is 11.5. The lowest BCUT2D eigenvalue weighted by Crippen LogP contribution is -2.58. The number of ether oxygens (including phenoxy) is 1. The first-order valence-electron chi connectivity index (χ1n) is 12.4. The number of halogens is 6. The Labute approximate surface area is 221 Å². The van der Waals surface area contributed by atoms with Gasteiger partial charge in [-0.2, -0.15) is 31.1 Å². The molecule has 0 spiro atoms. The smallest absolute Gasteiger partial charge is 0.416 e. The first-order valence-corrected chi connectivity index (χ1v) is 12.4. The molecule has 1 saturated heterocycles. The van der Waals surface area contributed by atoms with E-state index in [-0.39, 0.29) is 31.0 Å². The Morgan fingerprint density at radius 2 is 1.51 bits per heavy atom. The standard InChI is InChI=1S/C24H30F6N6O3/c1-6-17-11-19(12-18(7-2)35(17)22(38)39-13(3)4)36(21-31-33-34(5)32-21)20(37)14-8-15(23(25,26)27)10-16(9-14)24(28,29)30/h8-10,13,17-19H,6-7,11-12H2,1-5H3/t17-,18+,19?. The fourth-order valence-electron chi connectivity index (χ4n) is 4.76. The Morgan fingerprint density at radius 3 is 1.90 bits per heavy atom. The van der Waals surface area contributed by atoms with Crippen molar-refractivity contribution >= 4 is 17.9 Å². The Balaban J connectivity index is 2.10. The maximum atomic E-state index is 13.7. The van der Waals surface area contributed by atoms with Gasteiger partial charge in [-0.05, 0) is 62.9 Å². The topological polar surface area (TPSA) is 93.5 Å². The number of alkyl halides is 6. The normalized spacial score (nSPS) is 20.3. The van der Waals surface area contributed by atoms with Gasteiger partial charge in [0.1, 0.15) is 0 Å². The molecule has 0 aliphatic carbocycles. The average Bonchev–Trinajstić information content (AvgIpc) is 3.26.